The van der Waals surface area contributed by atoms with Gasteiger partial charge >= 0.3 is 0 Å². The monoisotopic (exact) mass is 360 g/mol. The van der Waals surface area contributed by atoms with Crippen molar-refractivity contribution in [2.24, 2.45) is 5.92 Å². The lowest BCUT2D eigenvalue weighted by atomic mass is 10.1. The molecule has 1 rings (SSSR count). The summed E-state index contributed by atoms with van der Waals surface area (Å²) < 4.78 is 15.6. The van der Waals surface area contributed by atoms with Crippen LogP contribution in [0.15, 0.2) is 0 Å². The molecule has 3 amide bonds. The van der Waals surface area contributed by atoms with Gasteiger partial charge in [-0.25, -0.2) is 0 Å². The molecule has 0 aliphatic carbocycles. The molecule has 0 radical (unpaired) electrons. The second kappa shape index (κ2) is 12.8. The van der Waals surface area contributed by atoms with Gasteiger partial charge in [0, 0.05) is 31.8 Å². The highest BCUT2D eigenvalue weighted by molar-refractivity contribution is 6.03. The van der Waals surface area contributed by atoms with Crippen molar-refractivity contribution in [2.45, 2.75) is 19.8 Å². The maximum Gasteiger partial charge on any atom is 0.232 e. The van der Waals surface area contributed by atoms with Crippen LogP contribution in [-0.2, 0) is 28.6 Å². The van der Waals surface area contributed by atoms with Crippen LogP contribution in [0, 0.1) is 5.92 Å². The SMILES string of the molecule is CC1CC(=O)N(CCC(=O)NCCOCCOCCOCCO)C1=O. The molecule has 1 aliphatic rings. The first-order chi connectivity index (χ1) is 12.1. The standard InChI is InChI=1S/C16H28N2O7/c1-13-12-15(21)18(16(13)22)4-2-14(20)17-3-6-23-8-10-25-11-9-24-7-5-19/h13,19H,2-12H2,1H3,(H,17,20). The van der Waals surface area contributed by atoms with Gasteiger partial charge in [-0.05, 0) is 0 Å². The van der Waals surface area contributed by atoms with Gasteiger partial charge in [0.15, 0.2) is 0 Å². The van der Waals surface area contributed by atoms with Gasteiger partial charge < -0.3 is 24.6 Å². The first kappa shape index (κ1) is 21.5. The largest absolute Gasteiger partial charge is 0.394 e. The van der Waals surface area contributed by atoms with E-state index in [0.717, 1.165) is 4.90 Å². The number of hydrogen-bond acceptors (Lipinski definition) is 7. The molecule has 144 valence electrons. The Labute approximate surface area is 147 Å². The molecule has 1 atom stereocenters. The molecule has 0 spiro atoms. The molecule has 1 aliphatic heterocycles. The minimum Gasteiger partial charge on any atom is -0.394 e. The fourth-order valence-electron chi connectivity index (χ4n) is 2.25. The van der Waals surface area contributed by atoms with E-state index in [1.54, 1.807) is 6.92 Å². The lowest BCUT2D eigenvalue weighted by molar-refractivity contribution is -0.139. The van der Waals surface area contributed by atoms with E-state index in [2.05, 4.69) is 5.32 Å². The van der Waals surface area contributed by atoms with E-state index in [-0.39, 0.29) is 49.6 Å². The lowest BCUT2D eigenvalue weighted by Crippen LogP contribution is -2.35. The number of aliphatic hydroxyl groups excluding tert-OH is 1. The Bertz CT molecular complexity index is 431. The number of carbonyl (C=O) groups excluding carboxylic acids is 3. The Morgan fingerprint density at radius 1 is 1.12 bits per heavy atom. The summed E-state index contributed by atoms with van der Waals surface area (Å²) in [6, 6.07) is 0. The van der Waals surface area contributed by atoms with Crippen LogP contribution >= 0.6 is 0 Å². The van der Waals surface area contributed by atoms with Gasteiger partial charge in [0.1, 0.15) is 0 Å². The predicted molar refractivity (Wildman–Crippen MR) is 87.7 cm³/mol. The first-order valence-electron chi connectivity index (χ1n) is 8.51. The van der Waals surface area contributed by atoms with Crippen LogP contribution in [0.5, 0.6) is 0 Å². The second-order valence-electron chi connectivity index (χ2n) is 5.65. The quantitative estimate of drug-likeness (QED) is 0.299. The van der Waals surface area contributed by atoms with Crippen molar-refractivity contribution in [3.05, 3.63) is 0 Å². The number of nitrogens with one attached hydrogen (secondary N) is 1. The molecule has 1 fully saturated rings. The average molecular weight is 360 g/mol. The number of likely N-dealkylation sites (tertiary alicyclic amines) is 1. The summed E-state index contributed by atoms with van der Waals surface area (Å²) >= 11 is 0. The third kappa shape index (κ3) is 8.92. The lowest BCUT2D eigenvalue weighted by Gasteiger charge is -2.14. The zero-order valence-corrected chi connectivity index (χ0v) is 14.7. The molecule has 2 N–H and O–H groups in total. The maximum atomic E-state index is 11.7. The number of aliphatic hydroxyl groups is 1. The topological polar surface area (TPSA) is 114 Å². The summed E-state index contributed by atoms with van der Waals surface area (Å²) in [6.45, 7) is 4.55. The number of carbonyl (C=O) groups is 3. The van der Waals surface area contributed by atoms with Crippen LogP contribution in [-0.4, -0.2) is 87.1 Å². The van der Waals surface area contributed by atoms with Gasteiger partial charge in [-0.3, -0.25) is 19.3 Å². The predicted octanol–water partition coefficient (Wildman–Crippen LogP) is -1.07. The van der Waals surface area contributed by atoms with E-state index < -0.39 is 0 Å². The van der Waals surface area contributed by atoms with Gasteiger partial charge in [0.2, 0.25) is 17.7 Å². The summed E-state index contributed by atoms with van der Waals surface area (Å²) in [5.74, 6) is -0.924. The molecule has 25 heavy (non-hydrogen) atoms. The van der Waals surface area contributed by atoms with Crippen molar-refractivity contribution in [3.63, 3.8) is 0 Å². The molecule has 0 bridgehead atoms. The number of hydrogen-bond donors (Lipinski definition) is 2. The molecule has 9 nitrogen and oxygen atoms in total. The zero-order valence-electron chi connectivity index (χ0n) is 14.7. The summed E-state index contributed by atoms with van der Waals surface area (Å²) in [7, 11) is 0. The Morgan fingerprint density at radius 3 is 2.28 bits per heavy atom. The summed E-state index contributed by atoms with van der Waals surface area (Å²) in [5, 5.41) is 11.2. The Kier molecular flexibility index (Phi) is 11.0. The highest BCUT2D eigenvalue weighted by atomic mass is 16.5. The highest BCUT2D eigenvalue weighted by Gasteiger charge is 2.35. The van der Waals surface area contributed by atoms with Crippen molar-refractivity contribution in [1.82, 2.24) is 10.2 Å². The number of ether oxygens (including phenoxy) is 3. The van der Waals surface area contributed by atoms with Gasteiger partial charge in [0.25, 0.3) is 0 Å². The number of amides is 3. The van der Waals surface area contributed by atoms with Crippen LogP contribution in [0.2, 0.25) is 0 Å². The van der Waals surface area contributed by atoms with E-state index in [9.17, 15) is 14.4 Å². The molecule has 9 heteroatoms. The van der Waals surface area contributed by atoms with Crippen LogP contribution in [0.25, 0.3) is 0 Å². The van der Waals surface area contributed by atoms with Crippen molar-refractivity contribution in [2.75, 3.05) is 59.3 Å². The van der Waals surface area contributed by atoms with Crippen LogP contribution in [0.4, 0.5) is 0 Å². The van der Waals surface area contributed by atoms with Crippen LogP contribution in [0.1, 0.15) is 19.8 Å². The highest BCUT2D eigenvalue weighted by Crippen LogP contribution is 2.18. The molecule has 0 aromatic heterocycles. The molecule has 1 saturated heterocycles. The smallest absolute Gasteiger partial charge is 0.232 e. The Hall–Kier alpha value is -1.55. The normalized spacial score (nSPS) is 17.4. The zero-order chi connectivity index (χ0) is 18.5. The van der Waals surface area contributed by atoms with Crippen molar-refractivity contribution in [3.8, 4) is 0 Å². The summed E-state index contributed by atoms with van der Waals surface area (Å²) in [5.41, 5.74) is 0. The Morgan fingerprint density at radius 2 is 1.72 bits per heavy atom. The van der Waals surface area contributed by atoms with Gasteiger partial charge in [0.05, 0.1) is 46.2 Å². The van der Waals surface area contributed by atoms with E-state index >= 15 is 0 Å². The van der Waals surface area contributed by atoms with E-state index in [4.69, 9.17) is 19.3 Å². The number of rotatable bonds is 14. The van der Waals surface area contributed by atoms with E-state index in [1.807, 2.05) is 0 Å². The van der Waals surface area contributed by atoms with Crippen molar-refractivity contribution >= 4 is 17.7 Å². The molecule has 1 unspecified atom stereocenters. The minimum absolute atomic E-state index is 0.00139. The molecule has 0 aromatic rings. The van der Waals surface area contributed by atoms with Crippen molar-refractivity contribution < 1.29 is 33.7 Å². The van der Waals surface area contributed by atoms with Gasteiger partial charge in [-0.1, -0.05) is 6.92 Å². The number of nitrogens with zero attached hydrogens (tertiary/aromatic N) is 1. The Balaban J connectivity index is 1.92. The number of imide groups is 1. The second-order valence-corrected chi connectivity index (χ2v) is 5.65. The third-order valence-corrected chi connectivity index (χ3v) is 3.58. The fraction of sp³-hybridized carbons (Fsp3) is 0.812. The molecule has 0 saturated carbocycles. The van der Waals surface area contributed by atoms with Crippen molar-refractivity contribution in [1.29, 1.82) is 0 Å². The maximum absolute atomic E-state index is 11.7. The average Bonchev–Trinajstić information content (AvgIpc) is 2.83. The fourth-order valence-corrected chi connectivity index (χ4v) is 2.25. The van der Waals surface area contributed by atoms with Crippen LogP contribution < -0.4 is 5.32 Å². The van der Waals surface area contributed by atoms with E-state index in [1.165, 1.54) is 0 Å². The summed E-state index contributed by atoms with van der Waals surface area (Å²) in [6.07, 6.45) is 0.324. The summed E-state index contributed by atoms with van der Waals surface area (Å²) in [4.78, 5) is 36.1. The minimum atomic E-state index is -0.285. The molecule has 0 aromatic carbocycles. The molecular weight excluding hydrogens is 332 g/mol. The first-order valence-corrected chi connectivity index (χ1v) is 8.51. The van der Waals surface area contributed by atoms with Gasteiger partial charge in [-0.15, -0.1) is 0 Å². The molecular formula is C16H28N2O7. The van der Waals surface area contributed by atoms with E-state index in [0.29, 0.717) is 46.2 Å². The van der Waals surface area contributed by atoms with Crippen LogP contribution in [0.3, 0.4) is 0 Å². The third-order valence-electron chi connectivity index (χ3n) is 3.58. The van der Waals surface area contributed by atoms with Gasteiger partial charge in [-0.2, -0.15) is 0 Å². The molecule has 1 heterocycles.